The second-order valence-corrected chi connectivity index (χ2v) is 6.25. The Kier molecular flexibility index (Phi) is 5.82. The van der Waals surface area contributed by atoms with Gasteiger partial charge in [-0.3, -0.25) is 0 Å². The van der Waals surface area contributed by atoms with Gasteiger partial charge in [0.05, 0.1) is 36.6 Å². The lowest BCUT2D eigenvalue weighted by Gasteiger charge is -2.14. The smallest absolute Gasteiger partial charge is 0.229 e. The molecule has 0 saturated carbocycles. The van der Waals surface area contributed by atoms with Crippen LogP contribution in [0.4, 0.5) is 23.1 Å². The number of nitrogens with one attached hydrogen (secondary N) is 2. The first-order valence-electron chi connectivity index (χ1n) is 8.34. The average molecular weight is 396 g/mol. The second-order valence-electron chi connectivity index (χ2n) is 5.84. The number of aryl methyl sites for hydroxylation is 1. The number of nitriles is 1. The third-order valence-corrected chi connectivity index (χ3v) is 4.16. The Labute approximate surface area is 167 Å². The van der Waals surface area contributed by atoms with E-state index in [4.69, 9.17) is 26.3 Å². The molecule has 8 heteroatoms. The molecule has 28 heavy (non-hydrogen) atoms. The van der Waals surface area contributed by atoms with Crippen LogP contribution in [0.1, 0.15) is 11.3 Å². The van der Waals surface area contributed by atoms with E-state index in [0.29, 0.717) is 39.5 Å². The van der Waals surface area contributed by atoms with Gasteiger partial charge in [-0.05, 0) is 31.2 Å². The van der Waals surface area contributed by atoms with Crippen molar-refractivity contribution >= 4 is 34.7 Å². The van der Waals surface area contributed by atoms with Gasteiger partial charge >= 0.3 is 0 Å². The monoisotopic (exact) mass is 395 g/mol. The molecule has 3 rings (SSSR count). The second kappa shape index (κ2) is 8.46. The van der Waals surface area contributed by atoms with Crippen LogP contribution in [0.25, 0.3) is 0 Å². The van der Waals surface area contributed by atoms with E-state index in [2.05, 4.69) is 26.7 Å². The van der Waals surface area contributed by atoms with Crippen molar-refractivity contribution < 1.29 is 9.47 Å². The zero-order valence-electron chi connectivity index (χ0n) is 15.6. The van der Waals surface area contributed by atoms with Gasteiger partial charge in [-0.2, -0.15) is 10.2 Å². The molecule has 7 nitrogen and oxygen atoms in total. The van der Waals surface area contributed by atoms with Gasteiger partial charge in [0, 0.05) is 29.6 Å². The fraction of sp³-hybridized carbons (Fsp3) is 0.150. The van der Waals surface area contributed by atoms with E-state index in [0.717, 1.165) is 11.4 Å². The molecular weight excluding hydrogens is 378 g/mol. The van der Waals surface area contributed by atoms with E-state index in [9.17, 15) is 0 Å². The molecule has 0 saturated heterocycles. The minimum atomic E-state index is 0.388. The van der Waals surface area contributed by atoms with E-state index in [1.807, 2.05) is 25.1 Å². The summed E-state index contributed by atoms with van der Waals surface area (Å²) in [5, 5.41) is 15.7. The van der Waals surface area contributed by atoms with E-state index in [1.54, 1.807) is 38.5 Å². The van der Waals surface area contributed by atoms with Crippen LogP contribution in [0, 0.1) is 18.3 Å². The standard InChI is InChI=1S/C20H18ClN5O2/c1-12-8-19(24-14-6-4-13(11-22)5-7-14)26-20(23-12)25-16-10-17(27-2)15(21)9-18(16)28-3/h4-10H,1-3H3,(H2,23,24,25,26). The van der Waals surface area contributed by atoms with Crippen molar-refractivity contribution in [1.29, 1.82) is 5.26 Å². The maximum Gasteiger partial charge on any atom is 0.229 e. The van der Waals surface area contributed by atoms with E-state index in [1.165, 1.54) is 0 Å². The summed E-state index contributed by atoms with van der Waals surface area (Å²) in [7, 11) is 3.10. The van der Waals surface area contributed by atoms with Crippen LogP contribution >= 0.6 is 11.6 Å². The Morgan fingerprint density at radius 3 is 2.32 bits per heavy atom. The van der Waals surface area contributed by atoms with Crippen LogP contribution in [0.2, 0.25) is 5.02 Å². The molecule has 1 heterocycles. The first-order chi connectivity index (χ1) is 13.5. The summed E-state index contributed by atoms with van der Waals surface area (Å²) in [5.74, 6) is 2.05. The van der Waals surface area contributed by atoms with Crippen LogP contribution in [-0.4, -0.2) is 24.2 Å². The van der Waals surface area contributed by atoms with Gasteiger partial charge in [-0.15, -0.1) is 0 Å². The topological polar surface area (TPSA) is 92.1 Å². The van der Waals surface area contributed by atoms with Gasteiger partial charge in [0.1, 0.15) is 17.3 Å². The molecule has 0 aliphatic rings. The molecule has 0 amide bonds. The van der Waals surface area contributed by atoms with Crippen molar-refractivity contribution in [2.45, 2.75) is 6.92 Å². The largest absolute Gasteiger partial charge is 0.495 e. The molecule has 0 radical (unpaired) electrons. The number of halogens is 1. The highest BCUT2D eigenvalue weighted by Crippen LogP contribution is 2.37. The number of benzene rings is 2. The van der Waals surface area contributed by atoms with Crippen molar-refractivity contribution in [2.75, 3.05) is 24.9 Å². The highest BCUT2D eigenvalue weighted by atomic mass is 35.5. The lowest BCUT2D eigenvalue weighted by Crippen LogP contribution is -2.04. The first kappa shape index (κ1) is 19.3. The molecule has 0 fully saturated rings. The van der Waals surface area contributed by atoms with Gasteiger partial charge in [0.15, 0.2) is 0 Å². The molecular formula is C20H18ClN5O2. The van der Waals surface area contributed by atoms with E-state index in [-0.39, 0.29) is 0 Å². The minimum Gasteiger partial charge on any atom is -0.495 e. The fourth-order valence-corrected chi connectivity index (χ4v) is 2.77. The number of methoxy groups -OCH3 is 2. The summed E-state index contributed by atoms with van der Waals surface area (Å²) < 4.78 is 10.6. The summed E-state index contributed by atoms with van der Waals surface area (Å²) in [6.45, 7) is 1.87. The molecule has 0 bridgehead atoms. The zero-order chi connectivity index (χ0) is 20.1. The van der Waals surface area contributed by atoms with Crippen LogP contribution in [0.5, 0.6) is 11.5 Å². The Balaban J connectivity index is 1.88. The van der Waals surface area contributed by atoms with E-state index < -0.39 is 0 Å². The van der Waals surface area contributed by atoms with Crippen LogP contribution in [0.3, 0.4) is 0 Å². The van der Waals surface area contributed by atoms with Crippen molar-refractivity contribution in [3.8, 4) is 17.6 Å². The normalized spacial score (nSPS) is 10.1. The Morgan fingerprint density at radius 2 is 1.68 bits per heavy atom. The molecule has 0 unspecified atom stereocenters. The van der Waals surface area contributed by atoms with Gasteiger partial charge in [0.25, 0.3) is 0 Å². The summed E-state index contributed by atoms with van der Waals surface area (Å²) in [6.07, 6.45) is 0. The third kappa shape index (κ3) is 4.42. The number of anilines is 4. The van der Waals surface area contributed by atoms with Gasteiger partial charge < -0.3 is 20.1 Å². The first-order valence-corrected chi connectivity index (χ1v) is 8.71. The number of ether oxygens (including phenoxy) is 2. The average Bonchev–Trinajstić information content (AvgIpc) is 2.69. The molecule has 2 N–H and O–H groups in total. The minimum absolute atomic E-state index is 0.388. The lowest BCUT2D eigenvalue weighted by molar-refractivity contribution is 0.405. The summed E-state index contributed by atoms with van der Waals surface area (Å²) in [4.78, 5) is 8.91. The molecule has 0 spiro atoms. The Morgan fingerprint density at radius 1 is 0.964 bits per heavy atom. The van der Waals surface area contributed by atoms with Crippen molar-refractivity contribution in [3.63, 3.8) is 0 Å². The van der Waals surface area contributed by atoms with Crippen LogP contribution < -0.4 is 20.1 Å². The number of hydrogen-bond donors (Lipinski definition) is 2. The molecule has 142 valence electrons. The highest BCUT2D eigenvalue weighted by molar-refractivity contribution is 6.32. The maximum absolute atomic E-state index is 8.90. The van der Waals surface area contributed by atoms with Crippen molar-refractivity contribution in [1.82, 2.24) is 9.97 Å². The Bertz CT molecular complexity index is 1030. The van der Waals surface area contributed by atoms with Crippen LogP contribution in [0.15, 0.2) is 42.5 Å². The molecule has 1 aromatic heterocycles. The van der Waals surface area contributed by atoms with Gasteiger partial charge in [-0.1, -0.05) is 11.6 Å². The number of nitrogens with zero attached hydrogens (tertiary/aromatic N) is 3. The fourth-order valence-electron chi connectivity index (χ4n) is 2.54. The third-order valence-electron chi connectivity index (χ3n) is 3.86. The van der Waals surface area contributed by atoms with Gasteiger partial charge in [-0.25, -0.2) is 4.98 Å². The van der Waals surface area contributed by atoms with Crippen molar-refractivity contribution in [3.05, 3.63) is 58.7 Å². The highest BCUT2D eigenvalue weighted by Gasteiger charge is 2.12. The predicted molar refractivity (Wildman–Crippen MR) is 109 cm³/mol. The Hall–Kier alpha value is -3.50. The molecule has 0 aliphatic carbocycles. The van der Waals surface area contributed by atoms with E-state index >= 15 is 0 Å². The molecule has 2 aromatic carbocycles. The number of aromatic nitrogens is 2. The molecule has 0 atom stereocenters. The van der Waals surface area contributed by atoms with Crippen molar-refractivity contribution in [2.24, 2.45) is 0 Å². The summed E-state index contributed by atoms with van der Waals surface area (Å²) >= 11 is 6.15. The summed E-state index contributed by atoms with van der Waals surface area (Å²) in [6, 6.07) is 14.4. The molecule has 0 aliphatic heterocycles. The maximum atomic E-state index is 8.90. The number of hydrogen-bond acceptors (Lipinski definition) is 7. The molecule has 3 aromatic rings. The SMILES string of the molecule is COc1cc(Nc2nc(C)cc(Nc3ccc(C#N)cc3)n2)c(OC)cc1Cl. The summed E-state index contributed by atoms with van der Waals surface area (Å²) in [5.41, 5.74) is 2.80. The zero-order valence-corrected chi connectivity index (χ0v) is 16.3. The van der Waals surface area contributed by atoms with Crippen LogP contribution in [-0.2, 0) is 0 Å². The van der Waals surface area contributed by atoms with Gasteiger partial charge in [0.2, 0.25) is 5.95 Å². The lowest BCUT2D eigenvalue weighted by atomic mass is 10.2. The number of rotatable bonds is 6. The quantitative estimate of drug-likeness (QED) is 0.618. The predicted octanol–water partition coefficient (Wildman–Crippen LogP) is 4.81.